The van der Waals surface area contributed by atoms with Gasteiger partial charge in [-0.05, 0) is 47.9 Å². The maximum Gasteiger partial charge on any atom is 0.320 e. The summed E-state index contributed by atoms with van der Waals surface area (Å²) < 4.78 is 0.925. The second-order valence-electron chi connectivity index (χ2n) is 6.82. The molecule has 3 amide bonds. The Kier molecular flexibility index (Phi) is 5.62. The van der Waals surface area contributed by atoms with Crippen molar-refractivity contribution < 1.29 is 9.59 Å². The van der Waals surface area contributed by atoms with E-state index in [9.17, 15) is 9.59 Å². The topological polar surface area (TPSA) is 61.4 Å². The molecule has 1 heterocycles. The van der Waals surface area contributed by atoms with Crippen molar-refractivity contribution in [1.29, 1.82) is 0 Å². The number of halogens is 1. The molecule has 3 aromatic rings. The zero-order chi connectivity index (χ0) is 20.2. The molecule has 1 atom stereocenters. The Morgan fingerprint density at radius 3 is 2.34 bits per heavy atom. The van der Waals surface area contributed by atoms with E-state index in [0.29, 0.717) is 12.2 Å². The lowest BCUT2D eigenvalue weighted by molar-refractivity contribution is -0.120. The number of carbonyl (C=O) groups excluding carboxylic acids is 2. The number of nitrogens with one attached hydrogen (secondary N) is 2. The van der Waals surface area contributed by atoms with Gasteiger partial charge in [0.1, 0.15) is 6.04 Å². The van der Waals surface area contributed by atoms with E-state index in [1.54, 1.807) is 17.0 Å². The summed E-state index contributed by atoms with van der Waals surface area (Å²) in [4.78, 5) is 27.8. The van der Waals surface area contributed by atoms with Crippen LogP contribution < -0.4 is 15.5 Å². The third-order valence-corrected chi connectivity index (χ3v) is 5.44. The van der Waals surface area contributed by atoms with Gasteiger partial charge < -0.3 is 15.5 Å². The second-order valence-corrected chi connectivity index (χ2v) is 7.73. The average Bonchev–Trinajstić information content (AvgIpc) is 3.18. The average molecular weight is 450 g/mol. The van der Waals surface area contributed by atoms with Gasteiger partial charge in [0.25, 0.3) is 5.91 Å². The first-order valence-electron chi connectivity index (χ1n) is 9.39. The van der Waals surface area contributed by atoms with Gasteiger partial charge in [0.2, 0.25) is 0 Å². The molecule has 1 aliphatic rings. The van der Waals surface area contributed by atoms with Gasteiger partial charge in [-0.1, -0.05) is 64.5 Å². The number of nitrogens with zero attached hydrogens (tertiary/aromatic N) is 1. The molecule has 4 rings (SSSR count). The predicted molar refractivity (Wildman–Crippen MR) is 118 cm³/mol. The third-order valence-electron chi connectivity index (χ3n) is 4.91. The van der Waals surface area contributed by atoms with Crippen LogP contribution >= 0.6 is 15.9 Å². The second kappa shape index (κ2) is 8.49. The van der Waals surface area contributed by atoms with Crippen LogP contribution in [0.25, 0.3) is 0 Å². The van der Waals surface area contributed by atoms with Crippen molar-refractivity contribution in [2.24, 2.45) is 0 Å². The van der Waals surface area contributed by atoms with E-state index in [-0.39, 0.29) is 5.91 Å². The monoisotopic (exact) mass is 449 g/mol. The van der Waals surface area contributed by atoms with E-state index in [4.69, 9.17) is 0 Å². The Hall–Kier alpha value is -3.12. The van der Waals surface area contributed by atoms with Crippen LogP contribution in [0.1, 0.15) is 17.2 Å². The molecule has 0 bridgehead atoms. The van der Waals surface area contributed by atoms with Crippen molar-refractivity contribution in [3.63, 3.8) is 0 Å². The van der Waals surface area contributed by atoms with E-state index in [0.717, 1.165) is 27.7 Å². The predicted octanol–water partition coefficient (Wildman–Crippen LogP) is 4.90. The summed E-state index contributed by atoms with van der Waals surface area (Å²) in [5, 5.41) is 5.64. The standard InChI is InChI=1S/C23H20BrN3O2/c24-18-10-12-19(13-11-18)25-23(29)26-21(17-7-2-1-3-8-17)22(28)27-15-14-16-6-4-5-9-20(16)27/h1-13,21H,14-15H2,(H2,25,26,29)/t21-/m1/s1. The minimum absolute atomic E-state index is 0.146. The molecule has 2 N–H and O–H groups in total. The lowest BCUT2D eigenvalue weighted by atomic mass is 10.1. The van der Waals surface area contributed by atoms with E-state index >= 15 is 0 Å². The van der Waals surface area contributed by atoms with E-state index in [1.165, 1.54) is 0 Å². The minimum atomic E-state index is -0.780. The lowest BCUT2D eigenvalue weighted by Gasteiger charge is -2.25. The maximum atomic E-state index is 13.4. The zero-order valence-corrected chi connectivity index (χ0v) is 17.2. The fourth-order valence-corrected chi connectivity index (χ4v) is 3.75. The van der Waals surface area contributed by atoms with Crippen molar-refractivity contribution in [3.8, 4) is 0 Å². The quantitative estimate of drug-likeness (QED) is 0.594. The number of urea groups is 1. The van der Waals surface area contributed by atoms with E-state index < -0.39 is 12.1 Å². The third kappa shape index (κ3) is 4.32. The molecule has 0 saturated carbocycles. The number of rotatable bonds is 4. The summed E-state index contributed by atoms with van der Waals surface area (Å²) in [5.74, 6) is -0.146. The summed E-state index contributed by atoms with van der Waals surface area (Å²) in [6, 6.07) is 23.3. The number of benzene rings is 3. The molecule has 29 heavy (non-hydrogen) atoms. The van der Waals surface area contributed by atoms with Crippen LogP contribution in [0.15, 0.2) is 83.3 Å². The lowest BCUT2D eigenvalue weighted by Crippen LogP contribution is -2.43. The number of carbonyl (C=O) groups is 2. The molecule has 0 aromatic heterocycles. The van der Waals surface area contributed by atoms with Crippen molar-refractivity contribution in [2.75, 3.05) is 16.8 Å². The van der Waals surface area contributed by atoms with Gasteiger partial charge in [-0.3, -0.25) is 4.79 Å². The molecule has 0 fully saturated rings. The molecule has 0 radical (unpaired) electrons. The molecule has 3 aromatic carbocycles. The van der Waals surface area contributed by atoms with Crippen LogP contribution in [0.5, 0.6) is 0 Å². The van der Waals surface area contributed by atoms with Crippen molar-refractivity contribution in [2.45, 2.75) is 12.5 Å². The molecular weight excluding hydrogens is 430 g/mol. The highest BCUT2D eigenvalue weighted by Gasteiger charge is 2.32. The normalized spacial score (nSPS) is 13.5. The van der Waals surface area contributed by atoms with Crippen LogP contribution in [0, 0.1) is 0 Å². The molecule has 0 aliphatic carbocycles. The summed E-state index contributed by atoms with van der Waals surface area (Å²) in [6.45, 7) is 0.609. The molecule has 1 aliphatic heterocycles. The first kappa shape index (κ1) is 19.2. The maximum absolute atomic E-state index is 13.4. The van der Waals surface area contributed by atoms with Gasteiger partial charge in [-0.2, -0.15) is 0 Å². The van der Waals surface area contributed by atoms with Gasteiger partial charge in [0, 0.05) is 22.4 Å². The van der Waals surface area contributed by atoms with Crippen LogP contribution in [0.2, 0.25) is 0 Å². The molecule has 0 saturated heterocycles. The van der Waals surface area contributed by atoms with Crippen molar-refractivity contribution >= 4 is 39.2 Å². The zero-order valence-electron chi connectivity index (χ0n) is 15.6. The van der Waals surface area contributed by atoms with Crippen LogP contribution in [0.4, 0.5) is 16.2 Å². The Morgan fingerprint density at radius 2 is 1.59 bits per heavy atom. The number of amides is 3. The van der Waals surface area contributed by atoms with Gasteiger partial charge in [-0.15, -0.1) is 0 Å². The van der Waals surface area contributed by atoms with Crippen LogP contribution in [-0.2, 0) is 11.2 Å². The number of hydrogen-bond donors (Lipinski definition) is 2. The summed E-state index contributed by atoms with van der Waals surface area (Å²) >= 11 is 3.37. The van der Waals surface area contributed by atoms with Gasteiger partial charge in [0.05, 0.1) is 0 Å². The Morgan fingerprint density at radius 1 is 0.897 bits per heavy atom. The van der Waals surface area contributed by atoms with E-state index in [2.05, 4.69) is 26.6 Å². The van der Waals surface area contributed by atoms with E-state index in [1.807, 2.05) is 66.7 Å². The Labute approximate surface area is 177 Å². The number of fused-ring (bicyclic) bond motifs is 1. The summed E-state index contributed by atoms with van der Waals surface area (Å²) in [6.07, 6.45) is 0.814. The molecular formula is C23H20BrN3O2. The molecule has 6 heteroatoms. The number of anilines is 2. The van der Waals surface area contributed by atoms with Crippen molar-refractivity contribution in [3.05, 3.63) is 94.5 Å². The summed E-state index contributed by atoms with van der Waals surface area (Å²) in [7, 11) is 0. The smallest absolute Gasteiger partial charge is 0.320 e. The van der Waals surface area contributed by atoms with Crippen LogP contribution in [0.3, 0.4) is 0 Å². The molecule has 5 nitrogen and oxygen atoms in total. The van der Waals surface area contributed by atoms with Gasteiger partial charge in [0.15, 0.2) is 0 Å². The van der Waals surface area contributed by atoms with Crippen molar-refractivity contribution in [1.82, 2.24) is 5.32 Å². The first-order chi connectivity index (χ1) is 14.1. The highest BCUT2D eigenvalue weighted by molar-refractivity contribution is 9.10. The fraction of sp³-hybridized carbons (Fsp3) is 0.130. The molecule has 0 spiro atoms. The van der Waals surface area contributed by atoms with Gasteiger partial charge >= 0.3 is 6.03 Å². The fourth-order valence-electron chi connectivity index (χ4n) is 3.49. The van der Waals surface area contributed by atoms with Crippen LogP contribution in [-0.4, -0.2) is 18.5 Å². The largest absolute Gasteiger partial charge is 0.322 e. The Bertz CT molecular complexity index is 1020. The Balaban J connectivity index is 1.56. The molecule has 146 valence electrons. The highest BCUT2D eigenvalue weighted by Crippen LogP contribution is 2.30. The number of hydrogen-bond acceptors (Lipinski definition) is 2. The SMILES string of the molecule is O=C(Nc1ccc(Br)cc1)N[C@@H](C(=O)N1CCc2ccccc21)c1ccccc1. The number of para-hydroxylation sites is 1. The molecule has 0 unspecified atom stereocenters. The first-order valence-corrected chi connectivity index (χ1v) is 10.2. The highest BCUT2D eigenvalue weighted by atomic mass is 79.9. The minimum Gasteiger partial charge on any atom is -0.322 e. The van der Waals surface area contributed by atoms with Gasteiger partial charge in [-0.25, -0.2) is 4.79 Å². The summed E-state index contributed by atoms with van der Waals surface area (Å²) in [5.41, 5.74) is 3.45.